The second-order valence-corrected chi connectivity index (χ2v) is 7.33. The summed E-state index contributed by atoms with van der Waals surface area (Å²) in [5.74, 6) is 0. The van der Waals surface area contributed by atoms with Crippen molar-refractivity contribution in [3.63, 3.8) is 0 Å². The Morgan fingerprint density at radius 2 is 1.90 bits per heavy atom. The van der Waals surface area contributed by atoms with Gasteiger partial charge in [0.15, 0.2) is 4.34 Å². The number of aromatic nitrogens is 2. The minimum atomic E-state index is 0.299. The summed E-state index contributed by atoms with van der Waals surface area (Å²) in [5, 5.41) is 13.1. The first-order chi connectivity index (χ1) is 9.61. The summed E-state index contributed by atoms with van der Waals surface area (Å²) in [6.07, 6.45) is 0. The predicted molar refractivity (Wildman–Crippen MR) is 87.8 cm³/mol. The van der Waals surface area contributed by atoms with Gasteiger partial charge < -0.3 is 10.2 Å². The van der Waals surface area contributed by atoms with E-state index in [2.05, 4.69) is 46.7 Å². The van der Waals surface area contributed by atoms with Crippen LogP contribution in [0.5, 0.6) is 0 Å². The molecule has 2 rings (SSSR count). The van der Waals surface area contributed by atoms with E-state index in [0.717, 1.165) is 9.47 Å². The molecule has 20 heavy (non-hydrogen) atoms. The zero-order valence-corrected chi connectivity index (χ0v) is 13.8. The van der Waals surface area contributed by atoms with Gasteiger partial charge in [-0.1, -0.05) is 60.4 Å². The summed E-state index contributed by atoms with van der Waals surface area (Å²) in [7, 11) is 5.97. The Kier molecular flexibility index (Phi) is 5.39. The molecule has 0 aliphatic rings. The van der Waals surface area contributed by atoms with E-state index in [1.807, 2.05) is 32.1 Å². The van der Waals surface area contributed by atoms with Crippen molar-refractivity contribution in [2.24, 2.45) is 0 Å². The minimum absolute atomic E-state index is 0.299. The molecular formula is C14H20N4S2. The molecule has 1 N–H and O–H groups in total. The molecule has 2 unspecified atom stereocenters. The van der Waals surface area contributed by atoms with Crippen LogP contribution in [0.1, 0.15) is 18.5 Å². The van der Waals surface area contributed by atoms with Gasteiger partial charge in [-0.3, -0.25) is 0 Å². The van der Waals surface area contributed by atoms with E-state index in [1.54, 1.807) is 23.1 Å². The lowest BCUT2D eigenvalue weighted by atomic mass is 10.0. The van der Waals surface area contributed by atoms with Crippen molar-refractivity contribution >= 4 is 28.2 Å². The van der Waals surface area contributed by atoms with E-state index in [4.69, 9.17) is 0 Å². The first-order valence-electron chi connectivity index (χ1n) is 6.51. The molecule has 0 spiro atoms. The molecule has 1 aromatic heterocycles. The molecule has 0 radical (unpaired) electrons. The maximum absolute atomic E-state index is 4.25. The Morgan fingerprint density at radius 3 is 2.45 bits per heavy atom. The fourth-order valence-electron chi connectivity index (χ4n) is 1.99. The SMILES string of the molecule is CNC(c1ccccc1)C(C)Sc1nnc(N(C)C)s1. The fourth-order valence-corrected chi connectivity index (χ4v) is 4.20. The molecule has 108 valence electrons. The topological polar surface area (TPSA) is 41.1 Å². The van der Waals surface area contributed by atoms with E-state index in [9.17, 15) is 0 Å². The Bertz CT molecular complexity index is 527. The van der Waals surface area contributed by atoms with Crippen LogP contribution in [0.4, 0.5) is 5.13 Å². The Morgan fingerprint density at radius 1 is 1.20 bits per heavy atom. The maximum atomic E-state index is 4.25. The lowest BCUT2D eigenvalue weighted by Gasteiger charge is -2.22. The third-order valence-electron chi connectivity index (χ3n) is 3.00. The molecular weight excluding hydrogens is 288 g/mol. The van der Waals surface area contributed by atoms with Crippen LogP contribution < -0.4 is 10.2 Å². The van der Waals surface area contributed by atoms with Gasteiger partial charge in [-0.15, -0.1) is 10.2 Å². The lowest BCUT2D eigenvalue weighted by molar-refractivity contribution is 0.589. The van der Waals surface area contributed by atoms with Crippen LogP contribution >= 0.6 is 23.1 Å². The van der Waals surface area contributed by atoms with Gasteiger partial charge in [0.1, 0.15) is 0 Å². The van der Waals surface area contributed by atoms with Crippen molar-refractivity contribution in [2.75, 3.05) is 26.0 Å². The van der Waals surface area contributed by atoms with E-state index in [0.29, 0.717) is 11.3 Å². The quantitative estimate of drug-likeness (QED) is 0.831. The zero-order chi connectivity index (χ0) is 14.5. The van der Waals surface area contributed by atoms with Crippen LogP contribution in [0.15, 0.2) is 34.7 Å². The molecule has 2 atom stereocenters. The lowest BCUT2D eigenvalue weighted by Crippen LogP contribution is -2.25. The number of hydrogen-bond acceptors (Lipinski definition) is 6. The molecule has 2 aromatic rings. The summed E-state index contributed by atoms with van der Waals surface area (Å²) in [6, 6.07) is 10.8. The number of thioether (sulfide) groups is 1. The molecule has 1 aromatic carbocycles. The highest BCUT2D eigenvalue weighted by Crippen LogP contribution is 2.35. The Labute approximate surface area is 128 Å². The number of nitrogens with zero attached hydrogens (tertiary/aromatic N) is 3. The van der Waals surface area contributed by atoms with Crippen LogP contribution in [0.25, 0.3) is 0 Å². The highest BCUT2D eigenvalue weighted by Gasteiger charge is 2.20. The summed E-state index contributed by atoms with van der Waals surface area (Å²) >= 11 is 3.40. The van der Waals surface area contributed by atoms with Gasteiger partial charge in [-0.2, -0.15) is 0 Å². The smallest absolute Gasteiger partial charge is 0.208 e. The third kappa shape index (κ3) is 3.71. The van der Waals surface area contributed by atoms with Crippen LogP contribution in [-0.4, -0.2) is 36.6 Å². The van der Waals surface area contributed by atoms with Gasteiger partial charge in [-0.25, -0.2) is 0 Å². The zero-order valence-electron chi connectivity index (χ0n) is 12.2. The fraction of sp³-hybridized carbons (Fsp3) is 0.429. The van der Waals surface area contributed by atoms with Crippen LogP contribution in [0, 0.1) is 0 Å². The molecule has 0 saturated heterocycles. The first-order valence-corrected chi connectivity index (χ1v) is 8.21. The van der Waals surface area contributed by atoms with Crippen LogP contribution in [0.2, 0.25) is 0 Å². The number of benzene rings is 1. The monoisotopic (exact) mass is 308 g/mol. The van der Waals surface area contributed by atoms with Gasteiger partial charge in [0.05, 0.1) is 0 Å². The third-order valence-corrected chi connectivity index (χ3v) is 5.36. The van der Waals surface area contributed by atoms with Gasteiger partial charge in [0.25, 0.3) is 0 Å². The van der Waals surface area contributed by atoms with E-state index in [1.165, 1.54) is 5.56 Å². The highest BCUT2D eigenvalue weighted by atomic mass is 32.2. The summed E-state index contributed by atoms with van der Waals surface area (Å²) in [4.78, 5) is 1.99. The predicted octanol–water partition coefficient (Wildman–Crippen LogP) is 3.05. The molecule has 1 heterocycles. The van der Waals surface area contributed by atoms with Crippen molar-refractivity contribution in [2.45, 2.75) is 22.6 Å². The van der Waals surface area contributed by atoms with Crippen LogP contribution in [-0.2, 0) is 0 Å². The normalized spacial score (nSPS) is 14.0. The number of anilines is 1. The molecule has 0 amide bonds. The van der Waals surface area contributed by atoms with Gasteiger partial charge in [0.2, 0.25) is 5.13 Å². The van der Waals surface area contributed by atoms with Crippen LogP contribution in [0.3, 0.4) is 0 Å². The second kappa shape index (κ2) is 7.06. The summed E-state index contributed by atoms with van der Waals surface area (Å²) in [5.41, 5.74) is 1.30. The van der Waals surface area contributed by atoms with Gasteiger partial charge in [-0.05, 0) is 12.6 Å². The van der Waals surface area contributed by atoms with Gasteiger partial charge >= 0.3 is 0 Å². The molecule has 0 aliphatic carbocycles. The summed E-state index contributed by atoms with van der Waals surface area (Å²) in [6.45, 7) is 2.22. The molecule has 0 aliphatic heterocycles. The Balaban J connectivity index is 2.07. The largest absolute Gasteiger partial charge is 0.353 e. The number of rotatable bonds is 6. The molecule has 0 fully saturated rings. The van der Waals surface area contributed by atoms with Crippen molar-refractivity contribution in [1.82, 2.24) is 15.5 Å². The number of hydrogen-bond donors (Lipinski definition) is 1. The average molecular weight is 308 g/mol. The molecule has 4 nitrogen and oxygen atoms in total. The van der Waals surface area contributed by atoms with Crippen molar-refractivity contribution < 1.29 is 0 Å². The van der Waals surface area contributed by atoms with E-state index in [-0.39, 0.29) is 0 Å². The average Bonchev–Trinajstić information content (AvgIpc) is 2.89. The minimum Gasteiger partial charge on any atom is -0.353 e. The molecule has 6 heteroatoms. The summed E-state index contributed by atoms with van der Waals surface area (Å²) < 4.78 is 1.01. The Hall–Kier alpha value is -1.11. The van der Waals surface area contributed by atoms with E-state index >= 15 is 0 Å². The number of nitrogens with one attached hydrogen (secondary N) is 1. The van der Waals surface area contributed by atoms with Crippen molar-refractivity contribution in [3.8, 4) is 0 Å². The van der Waals surface area contributed by atoms with Crippen molar-refractivity contribution in [3.05, 3.63) is 35.9 Å². The van der Waals surface area contributed by atoms with Crippen molar-refractivity contribution in [1.29, 1.82) is 0 Å². The standard InChI is InChI=1S/C14H20N4S2/c1-10(12(15-2)11-8-6-5-7-9-11)19-14-17-16-13(20-14)18(3)4/h5-10,12,15H,1-4H3. The molecule has 0 saturated carbocycles. The first kappa shape index (κ1) is 15.3. The van der Waals surface area contributed by atoms with E-state index < -0.39 is 0 Å². The maximum Gasteiger partial charge on any atom is 0.208 e. The second-order valence-electron chi connectivity index (χ2n) is 4.74. The van der Waals surface area contributed by atoms with Gasteiger partial charge in [0, 0.05) is 25.4 Å². The molecule has 0 bridgehead atoms. The highest BCUT2D eigenvalue weighted by molar-refractivity contribution is 8.01.